The molecule has 1 N–H and O–H groups in total. The Bertz CT molecular complexity index is 447. The van der Waals surface area contributed by atoms with Crippen molar-refractivity contribution in [2.75, 3.05) is 0 Å². The van der Waals surface area contributed by atoms with Gasteiger partial charge in [-0.2, -0.15) is 0 Å². The van der Waals surface area contributed by atoms with Gasteiger partial charge in [0.15, 0.2) is 0 Å². The van der Waals surface area contributed by atoms with E-state index in [1.165, 1.54) is 12.1 Å². The van der Waals surface area contributed by atoms with Crippen molar-refractivity contribution in [1.82, 2.24) is 0 Å². The van der Waals surface area contributed by atoms with Crippen molar-refractivity contribution in [3.05, 3.63) is 33.9 Å². The molecule has 0 radical (unpaired) electrons. The van der Waals surface area contributed by atoms with Gasteiger partial charge in [-0.1, -0.05) is 6.42 Å². The van der Waals surface area contributed by atoms with Crippen LogP contribution in [-0.2, 0) is 0 Å². The minimum Gasteiger partial charge on any atom is -0.487 e. The number of non-ortho nitro benzene ring substituents is 1. The van der Waals surface area contributed by atoms with Gasteiger partial charge < -0.3 is 9.84 Å². The molecule has 2 atom stereocenters. The van der Waals surface area contributed by atoms with Gasteiger partial charge in [-0.15, -0.1) is 0 Å². The largest absolute Gasteiger partial charge is 0.487 e. The standard InChI is InChI=1S/C13H17NO4/c1-9-8-10(14(16)17)6-7-12(9)18-13-5-3-2-4-11(13)15/h6-8,11,13,15H,2-5H2,1H3/t11-,13-/m0/s1. The fourth-order valence-electron chi connectivity index (χ4n) is 2.26. The molecule has 1 aliphatic rings. The van der Waals surface area contributed by atoms with Crippen LogP contribution in [0.1, 0.15) is 31.2 Å². The minimum atomic E-state index is -0.437. The number of rotatable bonds is 3. The molecular formula is C13H17NO4. The number of aliphatic hydroxyl groups is 1. The Kier molecular flexibility index (Phi) is 3.81. The molecule has 1 aromatic carbocycles. The van der Waals surface area contributed by atoms with E-state index in [1.54, 1.807) is 13.0 Å². The van der Waals surface area contributed by atoms with Crippen LogP contribution in [0, 0.1) is 17.0 Å². The molecule has 1 aliphatic carbocycles. The summed E-state index contributed by atoms with van der Waals surface area (Å²) in [4.78, 5) is 10.2. The lowest BCUT2D eigenvalue weighted by atomic mass is 9.95. The van der Waals surface area contributed by atoms with Gasteiger partial charge in [0.1, 0.15) is 11.9 Å². The van der Waals surface area contributed by atoms with Gasteiger partial charge in [-0.25, -0.2) is 0 Å². The highest BCUT2D eigenvalue weighted by molar-refractivity contribution is 5.43. The van der Waals surface area contributed by atoms with Crippen molar-refractivity contribution in [3.8, 4) is 5.75 Å². The maximum Gasteiger partial charge on any atom is 0.269 e. The maximum atomic E-state index is 10.6. The summed E-state index contributed by atoms with van der Waals surface area (Å²) in [7, 11) is 0. The van der Waals surface area contributed by atoms with Gasteiger partial charge in [0.05, 0.1) is 11.0 Å². The molecular weight excluding hydrogens is 234 g/mol. The first-order valence-corrected chi connectivity index (χ1v) is 6.17. The summed E-state index contributed by atoms with van der Waals surface area (Å²) in [5, 5.41) is 20.5. The summed E-state index contributed by atoms with van der Waals surface area (Å²) in [5.41, 5.74) is 0.783. The molecule has 5 nitrogen and oxygen atoms in total. The SMILES string of the molecule is Cc1cc([N+](=O)[O-])ccc1O[C@H]1CCCC[C@@H]1O. The first-order chi connectivity index (χ1) is 8.58. The number of aliphatic hydroxyl groups excluding tert-OH is 1. The Morgan fingerprint density at radius 2 is 2.11 bits per heavy atom. The molecule has 0 amide bonds. The second-order valence-electron chi connectivity index (χ2n) is 4.72. The van der Waals surface area contributed by atoms with Crippen molar-refractivity contribution in [2.45, 2.75) is 44.8 Å². The molecule has 0 aromatic heterocycles. The number of nitro groups is 1. The predicted octanol–water partition coefficient (Wildman–Crippen LogP) is 2.59. The Labute approximate surface area is 106 Å². The monoisotopic (exact) mass is 251 g/mol. The Morgan fingerprint density at radius 1 is 1.39 bits per heavy atom. The number of benzene rings is 1. The van der Waals surface area contributed by atoms with E-state index in [4.69, 9.17) is 4.74 Å². The molecule has 1 fully saturated rings. The Balaban J connectivity index is 2.11. The second kappa shape index (κ2) is 5.35. The molecule has 0 unspecified atom stereocenters. The summed E-state index contributed by atoms with van der Waals surface area (Å²) in [6.07, 6.45) is 3.04. The van der Waals surface area contributed by atoms with E-state index in [1.807, 2.05) is 0 Å². The van der Waals surface area contributed by atoms with Gasteiger partial charge in [0.2, 0.25) is 0 Å². The van der Waals surface area contributed by atoms with E-state index >= 15 is 0 Å². The van der Waals surface area contributed by atoms with E-state index in [-0.39, 0.29) is 11.8 Å². The maximum absolute atomic E-state index is 10.6. The molecule has 1 saturated carbocycles. The number of hydrogen-bond donors (Lipinski definition) is 1. The molecule has 18 heavy (non-hydrogen) atoms. The average molecular weight is 251 g/mol. The zero-order valence-corrected chi connectivity index (χ0v) is 10.3. The van der Waals surface area contributed by atoms with E-state index in [0.717, 1.165) is 31.2 Å². The highest BCUT2D eigenvalue weighted by atomic mass is 16.6. The van der Waals surface area contributed by atoms with Crippen LogP contribution >= 0.6 is 0 Å². The molecule has 0 spiro atoms. The van der Waals surface area contributed by atoms with Crippen LogP contribution < -0.4 is 4.74 Å². The third kappa shape index (κ3) is 2.79. The third-order valence-electron chi connectivity index (χ3n) is 3.32. The summed E-state index contributed by atoms with van der Waals surface area (Å²) in [6, 6.07) is 4.52. The van der Waals surface area contributed by atoms with Gasteiger partial charge in [-0.05, 0) is 37.8 Å². The molecule has 98 valence electrons. The highest BCUT2D eigenvalue weighted by Gasteiger charge is 2.25. The van der Waals surface area contributed by atoms with Crippen LogP contribution in [0.2, 0.25) is 0 Å². The summed E-state index contributed by atoms with van der Waals surface area (Å²) in [6.45, 7) is 1.78. The minimum absolute atomic E-state index is 0.0593. The van der Waals surface area contributed by atoms with Gasteiger partial charge >= 0.3 is 0 Å². The van der Waals surface area contributed by atoms with Crippen LogP contribution in [0.4, 0.5) is 5.69 Å². The molecule has 5 heteroatoms. The normalized spacial score (nSPS) is 23.7. The summed E-state index contributed by atoms with van der Waals surface area (Å²) < 4.78 is 5.76. The number of nitrogens with zero attached hydrogens (tertiary/aromatic N) is 1. The third-order valence-corrected chi connectivity index (χ3v) is 3.32. The zero-order valence-electron chi connectivity index (χ0n) is 10.3. The lowest BCUT2D eigenvalue weighted by Crippen LogP contribution is -2.34. The molecule has 0 heterocycles. The van der Waals surface area contributed by atoms with Crippen molar-refractivity contribution < 1.29 is 14.8 Å². The number of ether oxygens (including phenoxy) is 1. The van der Waals surface area contributed by atoms with Crippen LogP contribution in [0.5, 0.6) is 5.75 Å². The predicted molar refractivity (Wildman–Crippen MR) is 66.7 cm³/mol. The van der Waals surface area contributed by atoms with E-state index in [9.17, 15) is 15.2 Å². The highest BCUT2D eigenvalue weighted by Crippen LogP contribution is 2.28. The average Bonchev–Trinajstić information content (AvgIpc) is 2.34. The van der Waals surface area contributed by atoms with E-state index in [0.29, 0.717) is 5.75 Å². The van der Waals surface area contributed by atoms with Crippen molar-refractivity contribution in [1.29, 1.82) is 0 Å². The lowest BCUT2D eigenvalue weighted by Gasteiger charge is -2.28. The fourth-order valence-corrected chi connectivity index (χ4v) is 2.26. The van der Waals surface area contributed by atoms with Gasteiger partial charge in [0.25, 0.3) is 5.69 Å². The summed E-state index contributed by atoms with van der Waals surface area (Å²) >= 11 is 0. The van der Waals surface area contributed by atoms with Crippen molar-refractivity contribution in [3.63, 3.8) is 0 Å². The van der Waals surface area contributed by atoms with E-state index in [2.05, 4.69) is 0 Å². The number of hydrogen-bond acceptors (Lipinski definition) is 4. The van der Waals surface area contributed by atoms with Crippen LogP contribution in [0.15, 0.2) is 18.2 Å². The van der Waals surface area contributed by atoms with Gasteiger partial charge in [0, 0.05) is 12.1 Å². The first kappa shape index (κ1) is 12.8. The number of aryl methyl sites for hydroxylation is 1. The van der Waals surface area contributed by atoms with Crippen molar-refractivity contribution >= 4 is 5.69 Å². The molecule has 2 rings (SSSR count). The quantitative estimate of drug-likeness (QED) is 0.662. The van der Waals surface area contributed by atoms with Gasteiger partial charge in [-0.3, -0.25) is 10.1 Å². The smallest absolute Gasteiger partial charge is 0.269 e. The second-order valence-corrected chi connectivity index (χ2v) is 4.72. The zero-order chi connectivity index (χ0) is 13.1. The van der Waals surface area contributed by atoms with Crippen LogP contribution in [-0.4, -0.2) is 22.2 Å². The van der Waals surface area contributed by atoms with E-state index < -0.39 is 11.0 Å². The lowest BCUT2D eigenvalue weighted by molar-refractivity contribution is -0.384. The molecule has 0 aliphatic heterocycles. The first-order valence-electron chi connectivity index (χ1n) is 6.17. The molecule has 0 bridgehead atoms. The van der Waals surface area contributed by atoms with Crippen LogP contribution in [0.25, 0.3) is 0 Å². The molecule has 0 saturated heterocycles. The Hall–Kier alpha value is -1.62. The molecule has 1 aromatic rings. The summed E-state index contributed by atoms with van der Waals surface area (Å²) in [5.74, 6) is 0.617. The Morgan fingerprint density at radius 3 is 2.72 bits per heavy atom. The number of nitro benzene ring substituents is 1. The topological polar surface area (TPSA) is 72.6 Å². The van der Waals surface area contributed by atoms with Crippen molar-refractivity contribution in [2.24, 2.45) is 0 Å². The van der Waals surface area contributed by atoms with Crippen LogP contribution in [0.3, 0.4) is 0 Å². The fraction of sp³-hybridized carbons (Fsp3) is 0.538.